The molecular formula is C12H27N3O. The maximum atomic E-state index is 8.90. The van der Waals surface area contributed by atoms with Crippen LogP contribution in [0.1, 0.15) is 33.1 Å². The largest absolute Gasteiger partial charge is 0.395 e. The van der Waals surface area contributed by atoms with Crippen LogP contribution in [0.4, 0.5) is 0 Å². The molecular weight excluding hydrogens is 202 g/mol. The van der Waals surface area contributed by atoms with Gasteiger partial charge in [0.05, 0.1) is 6.61 Å². The van der Waals surface area contributed by atoms with Crippen molar-refractivity contribution in [2.24, 2.45) is 5.73 Å². The van der Waals surface area contributed by atoms with E-state index in [0.29, 0.717) is 19.1 Å². The third kappa shape index (κ3) is 3.70. The van der Waals surface area contributed by atoms with Gasteiger partial charge in [0.25, 0.3) is 0 Å². The monoisotopic (exact) mass is 229 g/mol. The fraction of sp³-hybridized carbons (Fsp3) is 1.00. The van der Waals surface area contributed by atoms with Crippen LogP contribution in [0.2, 0.25) is 0 Å². The molecule has 1 fully saturated rings. The highest BCUT2D eigenvalue weighted by Gasteiger charge is 2.30. The molecule has 1 heterocycles. The van der Waals surface area contributed by atoms with Crippen molar-refractivity contribution in [3.8, 4) is 0 Å². The van der Waals surface area contributed by atoms with Crippen molar-refractivity contribution >= 4 is 0 Å². The van der Waals surface area contributed by atoms with Gasteiger partial charge in [-0.25, -0.2) is 0 Å². The summed E-state index contributed by atoms with van der Waals surface area (Å²) in [5, 5.41) is 12.3. The first-order valence-electron chi connectivity index (χ1n) is 6.43. The second kappa shape index (κ2) is 6.55. The number of nitrogens with one attached hydrogen (secondary N) is 1. The molecule has 1 saturated heterocycles. The van der Waals surface area contributed by atoms with E-state index in [1.54, 1.807) is 0 Å². The molecule has 1 aliphatic rings. The van der Waals surface area contributed by atoms with Crippen LogP contribution < -0.4 is 11.1 Å². The number of hydrogen-bond donors (Lipinski definition) is 3. The Balaban J connectivity index is 2.53. The molecule has 0 aromatic rings. The number of aliphatic hydroxyl groups is 1. The van der Waals surface area contributed by atoms with Crippen molar-refractivity contribution in [1.82, 2.24) is 10.2 Å². The summed E-state index contributed by atoms with van der Waals surface area (Å²) in [7, 11) is 0. The van der Waals surface area contributed by atoms with Gasteiger partial charge < -0.3 is 21.1 Å². The number of β-amino-alcohol motifs (C(OH)–C–C–N with tert-alkyl or cyclic N) is 1. The Morgan fingerprint density at radius 1 is 1.38 bits per heavy atom. The topological polar surface area (TPSA) is 61.5 Å². The molecule has 0 saturated carbocycles. The lowest BCUT2D eigenvalue weighted by Gasteiger charge is -2.33. The smallest absolute Gasteiger partial charge is 0.0556 e. The first-order chi connectivity index (χ1) is 7.63. The van der Waals surface area contributed by atoms with Gasteiger partial charge >= 0.3 is 0 Å². The maximum Gasteiger partial charge on any atom is 0.0556 e. The van der Waals surface area contributed by atoms with E-state index in [-0.39, 0.29) is 12.1 Å². The Morgan fingerprint density at radius 2 is 2.12 bits per heavy atom. The van der Waals surface area contributed by atoms with Gasteiger partial charge in [0, 0.05) is 31.2 Å². The van der Waals surface area contributed by atoms with Crippen LogP contribution in [0.5, 0.6) is 0 Å². The summed E-state index contributed by atoms with van der Waals surface area (Å²) in [4.78, 5) is 2.51. The second-order valence-corrected chi connectivity index (χ2v) is 5.12. The fourth-order valence-electron chi connectivity index (χ4n) is 2.51. The highest BCUT2D eigenvalue weighted by molar-refractivity contribution is 4.92. The molecule has 16 heavy (non-hydrogen) atoms. The lowest BCUT2D eigenvalue weighted by Crippen LogP contribution is -2.52. The van der Waals surface area contributed by atoms with Crippen LogP contribution in [0, 0.1) is 0 Å². The van der Waals surface area contributed by atoms with Crippen LogP contribution in [0.15, 0.2) is 0 Å². The van der Waals surface area contributed by atoms with E-state index in [0.717, 1.165) is 19.4 Å². The average molecular weight is 229 g/mol. The zero-order valence-electron chi connectivity index (χ0n) is 10.7. The van der Waals surface area contributed by atoms with E-state index in [2.05, 4.69) is 24.1 Å². The molecule has 4 N–H and O–H groups in total. The summed E-state index contributed by atoms with van der Waals surface area (Å²) in [6, 6.07) is 0.617. The minimum atomic E-state index is 0.0480. The minimum Gasteiger partial charge on any atom is -0.395 e. The van der Waals surface area contributed by atoms with Crippen LogP contribution in [-0.4, -0.2) is 54.4 Å². The number of aliphatic hydroxyl groups excluding tert-OH is 1. The molecule has 0 aromatic heterocycles. The third-order valence-corrected chi connectivity index (χ3v) is 3.71. The summed E-state index contributed by atoms with van der Waals surface area (Å²) in [5.74, 6) is 0. The number of hydrogen-bond acceptors (Lipinski definition) is 4. The quantitative estimate of drug-likeness (QED) is 0.628. The van der Waals surface area contributed by atoms with Gasteiger partial charge in [0.15, 0.2) is 0 Å². The van der Waals surface area contributed by atoms with Crippen molar-refractivity contribution in [2.75, 3.05) is 32.8 Å². The van der Waals surface area contributed by atoms with Gasteiger partial charge in [-0.15, -0.1) is 0 Å². The van der Waals surface area contributed by atoms with Gasteiger partial charge in [0.2, 0.25) is 0 Å². The van der Waals surface area contributed by atoms with Gasteiger partial charge in [-0.3, -0.25) is 0 Å². The number of rotatable bonds is 5. The van der Waals surface area contributed by atoms with Crippen LogP contribution in [0.3, 0.4) is 0 Å². The molecule has 0 aliphatic carbocycles. The van der Waals surface area contributed by atoms with E-state index in [1.807, 2.05) is 0 Å². The zero-order chi connectivity index (χ0) is 12.0. The van der Waals surface area contributed by atoms with E-state index >= 15 is 0 Å². The van der Waals surface area contributed by atoms with Gasteiger partial charge in [-0.1, -0.05) is 0 Å². The highest BCUT2D eigenvalue weighted by atomic mass is 16.3. The zero-order valence-corrected chi connectivity index (χ0v) is 10.7. The number of nitrogens with two attached hydrogens (primary N) is 1. The highest BCUT2D eigenvalue weighted by Crippen LogP contribution is 2.22. The average Bonchev–Trinajstić information content (AvgIpc) is 2.49. The molecule has 4 heteroatoms. The Hall–Kier alpha value is -0.160. The Labute approximate surface area is 99.2 Å². The Bertz CT molecular complexity index is 199. The van der Waals surface area contributed by atoms with Gasteiger partial charge in [-0.2, -0.15) is 0 Å². The standard InChI is InChI=1S/C12H27N3O/c1-11(2)15-7-3-4-12(10-13,5-8-15)14-6-9-16/h11,14,16H,3-10,13H2,1-2H3. The summed E-state index contributed by atoms with van der Waals surface area (Å²) < 4.78 is 0. The van der Waals surface area contributed by atoms with E-state index < -0.39 is 0 Å². The summed E-state index contributed by atoms with van der Waals surface area (Å²) in [6.45, 7) is 8.27. The summed E-state index contributed by atoms with van der Waals surface area (Å²) in [5.41, 5.74) is 5.96. The molecule has 1 atom stereocenters. The van der Waals surface area contributed by atoms with Crippen molar-refractivity contribution in [2.45, 2.75) is 44.7 Å². The molecule has 4 nitrogen and oxygen atoms in total. The molecule has 1 aliphatic heterocycles. The van der Waals surface area contributed by atoms with Gasteiger partial charge in [0.1, 0.15) is 0 Å². The van der Waals surface area contributed by atoms with E-state index in [4.69, 9.17) is 10.8 Å². The number of nitrogens with zero attached hydrogens (tertiary/aromatic N) is 1. The van der Waals surface area contributed by atoms with Crippen LogP contribution in [0.25, 0.3) is 0 Å². The van der Waals surface area contributed by atoms with Gasteiger partial charge in [-0.05, 0) is 39.7 Å². The second-order valence-electron chi connectivity index (χ2n) is 5.12. The molecule has 0 bridgehead atoms. The summed E-state index contributed by atoms with van der Waals surface area (Å²) >= 11 is 0. The Morgan fingerprint density at radius 3 is 2.69 bits per heavy atom. The molecule has 0 spiro atoms. The molecule has 1 rings (SSSR count). The lowest BCUT2D eigenvalue weighted by atomic mass is 9.90. The minimum absolute atomic E-state index is 0.0480. The maximum absolute atomic E-state index is 8.90. The van der Waals surface area contributed by atoms with E-state index in [1.165, 1.54) is 13.0 Å². The SMILES string of the molecule is CC(C)N1CCCC(CN)(NCCO)CC1. The van der Waals surface area contributed by atoms with E-state index in [9.17, 15) is 0 Å². The molecule has 1 unspecified atom stereocenters. The Kier molecular flexibility index (Phi) is 5.69. The van der Waals surface area contributed by atoms with Crippen molar-refractivity contribution in [1.29, 1.82) is 0 Å². The first-order valence-corrected chi connectivity index (χ1v) is 6.43. The third-order valence-electron chi connectivity index (χ3n) is 3.71. The first kappa shape index (κ1) is 13.9. The molecule has 0 aromatic carbocycles. The fourth-order valence-corrected chi connectivity index (χ4v) is 2.51. The molecule has 0 radical (unpaired) electrons. The van der Waals surface area contributed by atoms with Crippen LogP contribution >= 0.6 is 0 Å². The molecule has 0 amide bonds. The predicted molar refractivity (Wildman–Crippen MR) is 67.4 cm³/mol. The van der Waals surface area contributed by atoms with Crippen molar-refractivity contribution in [3.63, 3.8) is 0 Å². The lowest BCUT2D eigenvalue weighted by molar-refractivity contribution is 0.210. The van der Waals surface area contributed by atoms with Crippen molar-refractivity contribution in [3.05, 3.63) is 0 Å². The normalized spacial score (nSPS) is 28.3. The summed E-state index contributed by atoms with van der Waals surface area (Å²) in [6.07, 6.45) is 3.39. The molecule has 96 valence electrons. The van der Waals surface area contributed by atoms with Crippen LogP contribution in [-0.2, 0) is 0 Å². The predicted octanol–water partition coefficient (Wildman–Crippen LogP) is 0.160. The number of likely N-dealkylation sites (tertiary alicyclic amines) is 1. The van der Waals surface area contributed by atoms with Crippen molar-refractivity contribution < 1.29 is 5.11 Å².